The normalized spacial score (nSPS) is 22.0. The van der Waals surface area contributed by atoms with E-state index in [0.717, 1.165) is 25.0 Å². The average Bonchev–Trinajstić information content (AvgIpc) is 2.88. The molecule has 2 unspecified atom stereocenters. The largest absolute Gasteiger partial charge is 0.469 e. The van der Waals surface area contributed by atoms with Crippen molar-refractivity contribution in [2.75, 3.05) is 14.2 Å². The molecule has 0 radical (unpaired) electrons. The van der Waals surface area contributed by atoms with Crippen molar-refractivity contribution in [2.45, 2.75) is 37.6 Å². The molecule has 0 saturated heterocycles. The highest BCUT2D eigenvalue weighted by molar-refractivity contribution is 5.92. The van der Waals surface area contributed by atoms with E-state index in [1.165, 1.54) is 14.2 Å². The van der Waals surface area contributed by atoms with Gasteiger partial charge in [0.05, 0.1) is 26.2 Å². The molecule has 2 aliphatic rings. The second-order valence-corrected chi connectivity index (χ2v) is 5.49. The van der Waals surface area contributed by atoms with Gasteiger partial charge in [-0.1, -0.05) is 6.42 Å². The lowest BCUT2D eigenvalue weighted by atomic mass is 9.87. The van der Waals surface area contributed by atoms with E-state index in [2.05, 4.69) is 4.74 Å². The Labute approximate surface area is 121 Å². The molecule has 6 heteroatoms. The van der Waals surface area contributed by atoms with Gasteiger partial charge in [0.1, 0.15) is 0 Å². The number of carbonyl (C=O) groups is 2. The van der Waals surface area contributed by atoms with Gasteiger partial charge in [0.2, 0.25) is 0 Å². The van der Waals surface area contributed by atoms with Crippen molar-refractivity contribution in [1.29, 1.82) is 0 Å². The van der Waals surface area contributed by atoms with E-state index in [1.807, 2.05) is 0 Å². The van der Waals surface area contributed by atoms with Crippen LogP contribution in [-0.2, 0) is 20.7 Å². The third kappa shape index (κ3) is 1.97. The number of nitrogens with zero attached hydrogens (tertiary/aromatic N) is 1. The smallest absolute Gasteiger partial charge is 0.338 e. The molecular formula is C15H17NO5. The zero-order chi connectivity index (χ0) is 15.1. The number of pyridine rings is 1. The Morgan fingerprint density at radius 2 is 2.05 bits per heavy atom. The van der Waals surface area contributed by atoms with Gasteiger partial charge in [0.15, 0.2) is 0 Å². The Morgan fingerprint density at radius 1 is 1.29 bits per heavy atom. The van der Waals surface area contributed by atoms with Crippen molar-refractivity contribution in [2.24, 2.45) is 0 Å². The zero-order valence-corrected chi connectivity index (χ0v) is 12.0. The molecule has 0 aromatic carbocycles. The highest BCUT2D eigenvalue weighted by atomic mass is 16.5. The number of carbonyl (C=O) groups excluding carboxylic acids is 2. The van der Waals surface area contributed by atoms with Crippen molar-refractivity contribution < 1.29 is 19.1 Å². The van der Waals surface area contributed by atoms with Gasteiger partial charge in [-0.2, -0.15) is 0 Å². The summed E-state index contributed by atoms with van der Waals surface area (Å²) in [4.78, 5) is 36.1. The average molecular weight is 291 g/mol. The summed E-state index contributed by atoms with van der Waals surface area (Å²) in [5.74, 6) is -0.774. The summed E-state index contributed by atoms with van der Waals surface area (Å²) in [6, 6.07) is 1.92. The standard InChI is InChI=1S/C15H17NO5/c1-20-13(17)7-9-10(15(19)21-2)6-12-8-4-3-5-11(8)16(12)14(9)18/h6,8,11H,3-5,7H2,1-2H3. The first-order valence-corrected chi connectivity index (χ1v) is 7.02. The molecule has 1 aliphatic heterocycles. The maximum atomic E-state index is 12.6. The molecule has 1 saturated carbocycles. The van der Waals surface area contributed by atoms with Crippen LogP contribution in [0.4, 0.5) is 0 Å². The minimum atomic E-state index is -0.587. The number of esters is 2. The third-order valence-electron chi connectivity index (χ3n) is 4.52. The fourth-order valence-electron chi connectivity index (χ4n) is 3.50. The summed E-state index contributed by atoms with van der Waals surface area (Å²) < 4.78 is 11.1. The predicted octanol–water partition coefficient (Wildman–Crippen LogP) is 1.17. The van der Waals surface area contributed by atoms with Crippen LogP contribution in [0.1, 0.15) is 52.8 Å². The number of ether oxygens (including phenoxy) is 2. The number of hydrogen-bond acceptors (Lipinski definition) is 5. The summed E-state index contributed by atoms with van der Waals surface area (Å²) in [6.45, 7) is 0. The Bertz CT molecular complexity index is 675. The maximum Gasteiger partial charge on any atom is 0.338 e. The van der Waals surface area contributed by atoms with Crippen LogP contribution in [-0.4, -0.2) is 30.7 Å². The summed E-state index contributed by atoms with van der Waals surface area (Å²) in [7, 11) is 2.52. The van der Waals surface area contributed by atoms with E-state index >= 15 is 0 Å². The topological polar surface area (TPSA) is 74.6 Å². The third-order valence-corrected chi connectivity index (χ3v) is 4.52. The van der Waals surface area contributed by atoms with E-state index in [-0.39, 0.29) is 29.1 Å². The Hall–Kier alpha value is -2.11. The van der Waals surface area contributed by atoms with Crippen molar-refractivity contribution in [1.82, 2.24) is 4.57 Å². The van der Waals surface area contributed by atoms with Crippen LogP contribution in [0.25, 0.3) is 0 Å². The number of methoxy groups -OCH3 is 2. The maximum absolute atomic E-state index is 12.6. The molecule has 1 aliphatic carbocycles. The molecule has 21 heavy (non-hydrogen) atoms. The van der Waals surface area contributed by atoms with E-state index in [9.17, 15) is 14.4 Å². The Balaban J connectivity index is 2.13. The molecular weight excluding hydrogens is 274 g/mol. The van der Waals surface area contributed by atoms with Crippen molar-refractivity contribution in [3.8, 4) is 0 Å². The van der Waals surface area contributed by atoms with E-state index in [4.69, 9.17) is 4.74 Å². The van der Waals surface area contributed by atoms with Gasteiger partial charge in [-0.15, -0.1) is 0 Å². The van der Waals surface area contributed by atoms with Crippen molar-refractivity contribution in [3.05, 3.63) is 33.2 Å². The van der Waals surface area contributed by atoms with Crippen molar-refractivity contribution >= 4 is 11.9 Å². The molecule has 2 atom stereocenters. The fourth-order valence-corrected chi connectivity index (χ4v) is 3.50. The predicted molar refractivity (Wildman–Crippen MR) is 73.4 cm³/mol. The van der Waals surface area contributed by atoms with Gasteiger partial charge in [0, 0.05) is 23.2 Å². The van der Waals surface area contributed by atoms with Crippen LogP contribution in [0.2, 0.25) is 0 Å². The Kier molecular flexibility index (Phi) is 3.31. The first-order valence-electron chi connectivity index (χ1n) is 7.02. The SMILES string of the molecule is COC(=O)Cc1c(C(=O)OC)cc2n(c1=O)C1CCCC21. The highest BCUT2D eigenvalue weighted by Gasteiger charge is 2.43. The molecule has 3 rings (SSSR count). The summed E-state index contributed by atoms with van der Waals surface area (Å²) in [5.41, 5.74) is 0.977. The van der Waals surface area contributed by atoms with Gasteiger partial charge in [0.25, 0.3) is 5.56 Å². The van der Waals surface area contributed by atoms with Crippen LogP contribution < -0.4 is 5.56 Å². The number of rotatable bonds is 3. The molecule has 1 aromatic rings. The van der Waals surface area contributed by atoms with E-state index in [1.54, 1.807) is 10.6 Å². The lowest BCUT2D eigenvalue weighted by Crippen LogP contribution is -2.42. The van der Waals surface area contributed by atoms with Crippen molar-refractivity contribution in [3.63, 3.8) is 0 Å². The molecule has 0 spiro atoms. The quantitative estimate of drug-likeness (QED) is 0.782. The van der Waals surface area contributed by atoms with E-state index < -0.39 is 11.9 Å². The first-order chi connectivity index (χ1) is 10.1. The van der Waals surface area contributed by atoms with Crippen LogP contribution in [0, 0.1) is 0 Å². The highest BCUT2D eigenvalue weighted by Crippen LogP contribution is 2.50. The molecule has 0 bridgehead atoms. The molecule has 6 nitrogen and oxygen atoms in total. The summed E-state index contributed by atoms with van der Waals surface area (Å²) in [6.07, 6.45) is 2.89. The number of fused-ring (bicyclic) bond motifs is 4. The number of hydrogen-bond donors (Lipinski definition) is 0. The second-order valence-electron chi connectivity index (χ2n) is 5.49. The van der Waals surface area contributed by atoms with Gasteiger partial charge in [-0.3, -0.25) is 9.59 Å². The van der Waals surface area contributed by atoms with Gasteiger partial charge in [-0.25, -0.2) is 4.79 Å². The molecule has 1 aromatic heterocycles. The fraction of sp³-hybridized carbons (Fsp3) is 0.533. The first kappa shape index (κ1) is 13.9. The zero-order valence-electron chi connectivity index (χ0n) is 12.0. The van der Waals surface area contributed by atoms with Gasteiger partial charge < -0.3 is 14.0 Å². The molecule has 1 fully saturated rings. The second kappa shape index (κ2) is 5.02. The molecule has 112 valence electrons. The summed E-state index contributed by atoms with van der Waals surface area (Å²) in [5, 5.41) is 0. The van der Waals surface area contributed by atoms with E-state index in [0.29, 0.717) is 5.92 Å². The van der Waals surface area contributed by atoms with Crippen LogP contribution in [0.5, 0.6) is 0 Å². The van der Waals surface area contributed by atoms with Gasteiger partial charge >= 0.3 is 11.9 Å². The van der Waals surface area contributed by atoms with Crippen LogP contribution >= 0.6 is 0 Å². The van der Waals surface area contributed by atoms with Crippen LogP contribution in [0.3, 0.4) is 0 Å². The number of aromatic nitrogens is 1. The lowest BCUT2D eigenvalue weighted by Gasteiger charge is -2.37. The monoisotopic (exact) mass is 291 g/mol. The van der Waals surface area contributed by atoms with Gasteiger partial charge in [-0.05, 0) is 18.9 Å². The molecule has 2 heterocycles. The van der Waals surface area contributed by atoms with Crippen LogP contribution in [0.15, 0.2) is 10.9 Å². The molecule has 0 N–H and O–H groups in total. The Morgan fingerprint density at radius 3 is 2.71 bits per heavy atom. The minimum Gasteiger partial charge on any atom is -0.469 e. The molecule has 0 amide bonds. The minimum absolute atomic E-state index is 0.169. The summed E-state index contributed by atoms with van der Waals surface area (Å²) >= 11 is 0. The lowest BCUT2D eigenvalue weighted by molar-refractivity contribution is -0.139.